The summed E-state index contributed by atoms with van der Waals surface area (Å²) in [5.74, 6) is -0.214. The molecule has 11 heavy (non-hydrogen) atoms. The Bertz CT molecular complexity index is 124. The lowest BCUT2D eigenvalue weighted by atomic mass is 10.1. The molecule has 0 saturated heterocycles. The number of carbonyl (C=O) groups is 1. The second-order valence-corrected chi connectivity index (χ2v) is 3.14. The first kappa shape index (κ1) is 10.4. The highest BCUT2D eigenvalue weighted by molar-refractivity contribution is 5.68. The number of rotatable bonds is 4. The van der Waals surface area contributed by atoms with Crippen molar-refractivity contribution in [3.05, 3.63) is 0 Å². The molecule has 0 aromatic carbocycles. The molecule has 0 bridgehead atoms. The van der Waals surface area contributed by atoms with Crippen molar-refractivity contribution >= 4 is 5.97 Å². The van der Waals surface area contributed by atoms with Crippen LogP contribution in [0.15, 0.2) is 0 Å². The minimum atomic E-state index is -0.742. The molecule has 0 amide bonds. The van der Waals surface area contributed by atoms with Gasteiger partial charge in [0.25, 0.3) is 0 Å². The van der Waals surface area contributed by atoms with Crippen LogP contribution in [0.25, 0.3) is 0 Å². The molecule has 0 aromatic rings. The average Bonchev–Trinajstić information content (AvgIpc) is 1.85. The molecule has 0 rings (SSSR count). The predicted octanol–water partition coefficient (Wildman–Crippen LogP) is 1.10. The molecule has 0 atom stereocenters. The molecule has 0 spiro atoms. The fraction of sp³-hybridized carbons (Fsp3) is 0.875. The Balaban J connectivity index is 3.35. The largest absolute Gasteiger partial charge is 0.466 e. The fourth-order valence-corrected chi connectivity index (χ4v) is 0.517. The Labute approximate surface area is 67.4 Å². The zero-order valence-electron chi connectivity index (χ0n) is 7.39. The van der Waals surface area contributed by atoms with Crippen molar-refractivity contribution in [1.82, 2.24) is 0 Å². The normalized spacial score (nSPS) is 11.3. The molecule has 0 aliphatic heterocycles. The van der Waals surface area contributed by atoms with E-state index in [0.717, 1.165) is 0 Å². The van der Waals surface area contributed by atoms with Gasteiger partial charge in [-0.25, -0.2) is 0 Å². The topological polar surface area (TPSA) is 46.5 Å². The van der Waals surface area contributed by atoms with E-state index >= 15 is 0 Å². The van der Waals surface area contributed by atoms with E-state index in [-0.39, 0.29) is 5.97 Å². The van der Waals surface area contributed by atoms with Gasteiger partial charge in [0.15, 0.2) is 0 Å². The van der Waals surface area contributed by atoms with E-state index in [2.05, 4.69) is 0 Å². The summed E-state index contributed by atoms with van der Waals surface area (Å²) in [7, 11) is 0. The first-order chi connectivity index (χ1) is 4.95. The second-order valence-electron chi connectivity index (χ2n) is 3.14. The van der Waals surface area contributed by atoms with E-state index in [4.69, 9.17) is 4.74 Å². The van der Waals surface area contributed by atoms with Gasteiger partial charge in [0.1, 0.15) is 0 Å². The van der Waals surface area contributed by atoms with Gasteiger partial charge in [-0.1, -0.05) is 6.92 Å². The molecule has 0 radical (unpaired) electrons. The Morgan fingerprint density at radius 3 is 2.45 bits per heavy atom. The van der Waals surface area contributed by atoms with Gasteiger partial charge in [-0.15, -0.1) is 0 Å². The molecule has 0 unspecified atom stereocenters. The lowest BCUT2D eigenvalue weighted by Crippen LogP contribution is -2.21. The summed E-state index contributed by atoms with van der Waals surface area (Å²) in [6.45, 7) is 5.42. The average molecular weight is 160 g/mol. The van der Waals surface area contributed by atoms with Gasteiger partial charge < -0.3 is 9.84 Å². The smallest absolute Gasteiger partial charge is 0.305 e. The van der Waals surface area contributed by atoms with Gasteiger partial charge >= 0.3 is 5.97 Å². The maximum absolute atomic E-state index is 10.6. The number of aliphatic hydroxyl groups is 1. The van der Waals surface area contributed by atoms with Gasteiger partial charge in [0.2, 0.25) is 0 Å². The highest BCUT2D eigenvalue weighted by Crippen LogP contribution is 2.06. The van der Waals surface area contributed by atoms with Crippen LogP contribution in [-0.2, 0) is 9.53 Å². The Morgan fingerprint density at radius 1 is 1.55 bits per heavy atom. The zero-order chi connectivity index (χ0) is 8.91. The molecule has 3 heteroatoms. The number of hydrogen-bond donors (Lipinski definition) is 1. The van der Waals surface area contributed by atoms with Crippen molar-refractivity contribution in [2.45, 2.75) is 39.2 Å². The molecular formula is C8H16O3. The van der Waals surface area contributed by atoms with Crippen LogP contribution < -0.4 is 0 Å². The summed E-state index contributed by atoms with van der Waals surface area (Å²) < 4.78 is 4.77. The van der Waals surface area contributed by atoms with Crippen LogP contribution in [0.2, 0.25) is 0 Å². The lowest BCUT2D eigenvalue weighted by molar-refractivity contribution is -0.144. The van der Waals surface area contributed by atoms with E-state index < -0.39 is 5.60 Å². The molecular weight excluding hydrogens is 144 g/mol. The predicted molar refractivity (Wildman–Crippen MR) is 42.2 cm³/mol. The summed E-state index contributed by atoms with van der Waals surface area (Å²) in [5, 5.41) is 9.21. The maximum Gasteiger partial charge on any atom is 0.305 e. The lowest BCUT2D eigenvalue weighted by Gasteiger charge is -2.16. The van der Waals surface area contributed by atoms with E-state index in [1.165, 1.54) is 0 Å². The molecule has 66 valence electrons. The quantitative estimate of drug-likeness (QED) is 0.626. The molecule has 1 N–H and O–H groups in total. The standard InChI is InChI=1S/C8H16O3/c1-4-7(9)11-6-5-8(2,3)10/h10H,4-6H2,1-3H3. The van der Waals surface area contributed by atoms with Crippen LogP contribution in [-0.4, -0.2) is 23.3 Å². The van der Waals surface area contributed by atoms with Gasteiger partial charge in [-0.3, -0.25) is 4.79 Å². The SMILES string of the molecule is CCC(=O)OCCC(C)(C)O. The maximum atomic E-state index is 10.6. The highest BCUT2D eigenvalue weighted by atomic mass is 16.5. The van der Waals surface area contributed by atoms with Crippen LogP contribution in [0.5, 0.6) is 0 Å². The summed E-state index contributed by atoms with van der Waals surface area (Å²) in [6, 6.07) is 0. The van der Waals surface area contributed by atoms with Gasteiger partial charge in [0.05, 0.1) is 12.2 Å². The number of esters is 1. The van der Waals surface area contributed by atoms with Crippen LogP contribution in [0, 0.1) is 0 Å². The molecule has 0 saturated carbocycles. The van der Waals surface area contributed by atoms with Gasteiger partial charge in [-0.2, -0.15) is 0 Å². The minimum absolute atomic E-state index is 0.214. The Morgan fingerprint density at radius 2 is 2.09 bits per heavy atom. The summed E-state index contributed by atoms with van der Waals surface area (Å²) in [6.07, 6.45) is 0.880. The van der Waals surface area contributed by atoms with E-state index in [1.807, 2.05) is 0 Å². The molecule has 0 fully saturated rings. The second kappa shape index (κ2) is 4.34. The number of ether oxygens (including phenoxy) is 1. The van der Waals surface area contributed by atoms with Crippen molar-refractivity contribution in [3.8, 4) is 0 Å². The third-order valence-corrected chi connectivity index (χ3v) is 1.27. The van der Waals surface area contributed by atoms with Crippen molar-refractivity contribution in [2.24, 2.45) is 0 Å². The fourth-order valence-electron chi connectivity index (χ4n) is 0.517. The molecule has 0 aromatic heterocycles. The third-order valence-electron chi connectivity index (χ3n) is 1.27. The van der Waals surface area contributed by atoms with Crippen LogP contribution in [0.3, 0.4) is 0 Å². The monoisotopic (exact) mass is 160 g/mol. The molecule has 0 heterocycles. The summed E-state index contributed by atoms with van der Waals surface area (Å²) in [4.78, 5) is 10.6. The zero-order valence-corrected chi connectivity index (χ0v) is 7.39. The minimum Gasteiger partial charge on any atom is -0.466 e. The summed E-state index contributed by atoms with van der Waals surface area (Å²) >= 11 is 0. The highest BCUT2D eigenvalue weighted by Gasteiger charge is 2.12. The van der Waals surface area contributed by atoms with Gasteiger partial charge in [0, 0.05) is 12.8 Å². The summed E-state index contributed by atoms with van der Waals surface area (Å²) in [5.41, 5.74) is -0.742. The first-order valence-corrected chi connectivity index (χ1v) is 3.83. The third kappa shape index (κ3) is 7.33. The van der Waals surface area contributed by atoms with Crippen molar-refractivity contribution in [1.29, 1.82) is 0 Å². The van der Waals surface area contributed by atoms with E-state index in [0.29, 0.717) is 19.4 Å². The van der Waals surface area contributed by atoms with Crippen LogP contribution >= 0.6 is 0 Å². The van der Waals surface area contributed by atoms with Crippen LogP contribution in [0.1, 0.15) is 33.6 Å². The molecule has 0 aliphatic rings. The number of carbonyl (C=O) groups excluding carboxylic acids is 1. The van der Waals surface area contributed by atoms with Gasteiger partial charge in [-0.05, 0) is 13.8 Å². The van der Waals surface area contributed by atoms with Crippen LogP contribution in [0.4, 0.5) is 0 Å². The van der Waals surface area contributed by atoms with E-state index in [9.17, 15) is 9.90 Å². The number of hydrogen-bond acceptors (Lipinski definition) is 3. The van der Waals surface area contributed by atoms with Crippen molar-refractivity contribution in [3.63, 3.8) is 0 Å². The van der Waals surface area contributed by atoms with Crippen molar-refractivity contribution in [2.75, 3.05) is 6.61 Å². The Kier molecular flexibility index (Phi) is 4.11. The molecule has 0 aliphatic carbocycles. The molecule has 3 nitrogen and oxygen atoms in total. The van der Waals surface area contributed by atoms with E-state index in [1.54, 1.807) is 20.8 Å². The van der Waals surface area contributed by atoms with Crippen molar-refractivity contribution < 1.29 is 14.6 Å². The Hall–Kier alpha value is -0.570. The first-order valence-electron chi connectivity index (χ1n) is 3.83.